The van der Waals surface area contributed by atoms with Crippen molar-refractivity contribution in [3.63, 3.8) is 0 Å². The molecule has 0 atom stereocenters. The highest BCUT2D eigenvalue weighted by Crippen LogP contribution is 2.30. The second kappa shape index (κ2) is 5.57. The van der Waals surface area contributed by atoms with Crippen LogP contribution in [-0.2, 0) is 6.54 Å². The fourth-order valence-corrected chi connectivity index (χ4v) is 2.47. The number of rotatable bonds is 4. The SMILES string of the molecule is Cc1ccc(CNC2CC2)cc1-c1ccc(C)c(F)c1F. The van der Waals surface area contributed by atoms with Crippen LogP contribution in [0.5, 0.6) is 0 Å². The fraction of sp³-hybridized carbons (Fsp3) is 0.333. The van der Waals surface area contributed by atoms with E-state index in [1.54, 1.807) is 19.1 Å². The first-order valence-electron chi connectivity index (χ1n) is 7.34. The van der Waals surface area contributed by atoms with Gasteiger partial charge < -0.3 is 5.32 Å². The smallest absolute Gasteiger partial charge is 0.166 e. The molecule has 0 spiro atoms. The Morgan fingerprint density at radius 1 is 0.952 bits per heavy atom. The molecule has 1 nitrogen and oxygen atoms in total. The van der Waals surface area contributed by atoms with Gasteiger partial charge in [-0.05, 0) is 55.0 Å². The molecule has 2 aromatic rings. The Morgan fingerprint density at radius 3 is 2.38 bits per heavy atom. The van der Waals surface area contributed by atoms with Crippen LogP contribution in [0.25, 0.3) is 11.1 Å². The zero-order valence-corrected chi connectivity index (χ0v) is 12.3. The van der Waals surface area contributed by atoms with Crippen molar-refractivity contribution in [2.45, 2.75) is 39.3 Å². The van der Waals surface area contributed by atoms with Crippen LogP contribution in [0.15, 0.2) is 30.3 Å². The monoisotopic (exact) mass is 287 g/mol. The molecule has 0 bridgehead atoms. The van der Waals surface area contributed by atoms with E-state index in [1.807, 2.05) is 25.1 Å². The zero-order valence-electron chi connectivity index (χ0n) is 12.3. The molecule has 0 unspecified atom stereocenters. The van der Waals surface area contributed by atoms with E-state index < -0.39 is 11.6 Å². The van der Waals surface area contributed by atoms with Gasteiger partial charge in [0.15, 0.2) is 11.6 Å². The summed E-state index contributed by atoms with van der Waals surface area (Å²) in [7, 11) is 0. The van der Waals surface area contributed by atoms with Gasteiger partial charge in [-0.3, -0.25) is 0 Å². The maximum absolute atomic E-state index is 14.2. The topological polar surface area (TPSA) is 12.0 Å². The van der Waals surface area contributed by atoms with Crippen molar-refractivity contribution in [3.8, 4) is 11.1 Å². The van der Waals surface area contributed by atoms with Gasteiger partial charge in [0, 0.05) is 18.2 Å². The van der Waals surface area contributed by atoms with E-state index in [0.29, 0.717) is 17.2 Å². The Morgan fingerprint density at radius 2 is 1.67 bits per heavy atom. The fourth-order valence-electron chi connectivity index (χ4n) is 2.47. The van der Waals surface area contributed by atoms with Crippen LogP contribution in [0.1, 0.15) is 29.5 Å². The van der Waals surface area contributed by atoms with Gasteiger partial charge in [0.25, 0.3) is 0 Å². The molecular weight excluding hydrogens is 268 g/mol. The highest BCUT2D eigenvalue weighted by molar-refractivity contribution is 5.69. The Bertz CT molecular complexity index is 675. The third-order valence-corrected chi connectivity index (χ3v) is 4.04. The molecule has 3 rings (SSSR count). The molecular formula is C18H19F2N. The molecule has 1 N–H and O–H groups in total. The average molecular weight is 287 g/mol. The van der Waals surface area contributed by atoms with Gasteiger partial charge in [0.1, 0.15) is 0 Å². The van der Waals surface area contributed by atoms with Gasteiger partial charge in [-0.2, -0.15) is 0 Å². The van der Waals surface area contributed by atoms with Crippen molar-refractivity contribution >= 4 is 0 Å². The van der Waals surface area contributed by atoms with E-state index in [4.69, 9.17) is 0 Å². The predicted molar refractivity (Wildman–Crippen MR) is 81.1 cm³/mol. The first kappa shape index (κ1) is 14.2. The molecule has 1 fully saturated rings. The molecule has 1 aliphatic rings. The molecule has 3 heteroatoms. The average Bonchev–Trinajstić information content (AvgIpc) is 3.29. The number of hydrogen-bond donors (Lipinski definition) is 1. The minimum atomic E-state index is -0.759. The highest BCUT2D eigenvalue weighted by atomic mass is 19.2. The first-order chi connectivity index (χ1) is 10.1. The van der Waals surface area contributed by atoms with Crippen LogP contribution in [0.3, 0.4) is 0 Å². The van der Waals surface area contributed by atoms with Crippen molar-refractivity contribution in [2.75, 3.05) is 0 Å². The van der Waals surface area contributed by atoms with Crippen LogP contribution < -0.4 is 5.32 Å². The Labute approximate surface area is 124 Å². The molecule has 0 aliphatic heterocycles. The highest BCUT2D eigenvalue weighted by Gasteiger charge is 2.20. The molecule has 0 radical (unpaired) electrons. The van der Waals surface area contributed by atoms with Crippen LogP contribution in [0.4, 0.5) is 8.78 Å². The van der Waals surface area contributed by atoms with Crippen molar-refractivity contribution in [1.29, 1.82) is 0 Å². The first-order valence-corrected chi connectivity index (χ1v) is 7.34. The third-order valence-electron chi connectivity index (χ3n) is 4.04. The summed E-state index contributed by atoms with van der Waals surface area (Å²) in [6, 6.07) is 9.88. The molecule has 0 aromatic heterocycles. The quantitative estimate of drug-likeness (QED) is 0.873. The second-order valence-corrected chi connectivity index (χ2v) is 5.86. The van der Waals surface area contributed by atoms with E-state index in [2.05, 4.69) is 5.32 Å². The summed E-state index contributed by atoms with van der Waals surface area (Å²) in [5, 5.41) is 3.44. The lowest BCUT2D eigenvalue weighted by molar-refractivity contribution is 0.505. The van der Waals surface area contributed by atoms with Gasteiger partial charge in [-0.1, -0.05) is 24.3 Å². The lowest BCUT2D eigenvalue weighted by Gasteiger charge is -2.12. The van der Waals surface area contributed by atoms with Crippen LogP contribution in [0, 0.1) is 25.5 Å². The number of benzene rings is 2. The Kier molecular flexibility index (Phi) is 3.77. The van der Waals surface area contributed by atoms with Gasteiger partial charge in [-0.15, -0.1) is 0 Å². The molecule has 110 valence electrons. The predicted octanol–water partition coefficient (Wildman–Crippen LogP) is 4.50. The summed E-state index contributed by atoms with van der Waals surface area (Å²) in [5.41, 5.74) is 3.49. The number of nitrogens with one attached hydrogen (secondary N) is 1. The van der Waals surface area contributed by atoms with E-state index in [9.17, 15) is 8.78 Å². The lowest BCUT2D eigenvalue weighted by Crippen LogP contribution is -2.15. The number of halogens is 2. The van der Waals surface area contributed by atoms with Crippen molar-refractivity contribution in [3.05, 3.63) is 58.7 Å². The standard InChI is InChI=1S/C18H19F2N/c1-11-3-5-13(10-21-14-6-7-14)9-16(11)15-8-4-12(2)17(19)18(15)20/h3-5,8-9,14,21H,6-7,10H2,1-2H3. The maximum atomic E-state index is 14.2. The molecule has 2 aromatic carbocycles. The van der Waals surface area contributed by atoms with Crippen molar-refractivity contribution in [1.82, 2.24) is 5.32 Å². The lowest BCUT2D eigenvalue weighted by atomic mass is 9.96. The largest absolute Gasteiger partial charge is 0.310 e. The summed E-state index contributed by atoms with van der Waals surface area (Å²) < 4.78 is 28.0. The van der Waals surface area contributed by atoms with Gasteiger partial charge in [0.05, 0.1) is 0 Å². The summed E-state index contributed by atoms with van der Waals surface area (Å²) in [6.45, 7) is 4.27. The Balaban J connectivity index is 1.96. The van der Waals surface area contributed by atoms with E-state index in [-0.39, 0.29) is 0 Å². The summed E-state index contributed by atoms with van der Waals surface area (Å²) >= 11 is 0. The van der Waals surface area contributed by atoms with Gasteiger partial charge in [0.2, 0.25) is 0 Å². The molecule has 0 amide bonds. The molecule has 0 heterocycles. The summed E-state index contributed by atoms with van der Waals surface area (Å²) in [6.07, 6.45) is 2.47. The number of hydrogen-bond acceptors (Lipinski definition) is 1. The Hall–Kier alpha value is -1.74. The molecule has 0 saturated heterocycles. The normalized spacial score (nSPS) is 14.5. The van der Waals surface area contributed by atoms with Crippen LogP contribution in [0.2, 0.25) is 0 Å². The van der Waals surface area contributed by atoms with Gasteiger partial charge in [-0.25, -0.2) is 8.78 Å². The summed E-state index contributed by atoms with van der Waals surface area (Å²) in [5.74, 6) is -1.51. The van der Waals surface area contributed by atoms with Gasteiger partial charge >= 0.3 is 0 Å². The number of aryl methyl sites for hydroxylation is 2. The minimum Gasteiger partial charge on any atom is -0.310 e. The van der Waals surface area contributed by atoms with Crippen LogP contribution >= 0.6 is 0 Å². The molecule has 1 aliphatic carbocycles. The summed E-state index contributed by atoms with van der Waals surface area (Å²) in [4.78, 5) is 0. The van der Waals surface area contributed by atoms with Crippen molar-refractivity contribution < 1.29 is 8.78 Å². The van der Waals surface area contributed by atoms with Crippen molar-refractivity contribution in [2.24, 2.45) is 0 Å². The van der Waals surface area contributed by atoms with Crippen LogP contribution in [-0.4, -0.2) is 6.04 Å². The zero-order chi connectivity index (χ0) is 15.0. The van der Waals surface area contributed by atoms with E-state index in [1.165, 1.54) is 12.8 Å². The van der Waals surface area contributed by atoms with E-state index in [0.717, 1.165) is 23.2 Å². The second-order valence-electron chi connectivity index (χ2n) is 5.86. The maximum Gasteiger partial charge on any atom is 0.166 e. The third kappa shape index (κ3) is 2.98. The molecule has 1 saturated carbocycles. The van der Waals surface area contributed by atoms with E-state index >= 15 is 0 Å². The molecule has 21 heavy (non-hydrogen) atoms. The minimum absolute atomic E-state index is 0.334.